The van der Waals surface area contributed by atoms with Crippen molar-refractivity contribution in [3.8, 4) is 5.75 Å². The van der Waals surface area contributed by atoms with Gasteiger partial charge in [0.15, 0.2) is 12.2 Å². The van der Waals surface area contributed by atoms with Crippen LogP contribution in [0.5, 0.6) is 5.75 Å². The molecule has 12 heteroatoms. The van der Waals surface area contributed by atoms with Crippen molar-refractivity contribution in [1.82, 2.24) is 0 Å². The molecule has 4 heterocycles. The molecule has 12 nitrogen and oxygen atoms in total. The minimum absolute atomic E-state index is 0.0210. The first-order chi connectivity index (χ1) is 38.0. The Balaban J connectivity index is 1.03. The predicted octanol–water partition coefficient (Wildman–Crippen LogP) is 11.4. The number of ether oxygens (including phenoxy) is 4. The fourth-order valence-corrected chi connectivity index (χ4v) is 15.7. The van der Waals surface area contributed by atoms with Gasteiger partial charge in [-0.1, -0.05) is 105 Å². The van der Waals surface area contributed by atoms with E-state index in [0.717, 1.165) is 75.3 Å². The van der Waals surface area contributed by atoms with E-state index in [9.17, 15) is 25.2 Å². The van der Waals surface area contributed by atoms with Gasteiger partial charge in [-0.2, -0.15) is 0 Å². The Labute approximate surface area is 458 Å². The number of aryl methyl sites for hydroxylation is 2. The van der Waals surface area contributed by atoms with Crippen molar-refractivity contribution in [2.24, 2.45) is 17.8 Å². The van der Waals surface area contributed by atoms with Gasteiger partial charge in [-0.15, -0.1) is 0 Å². The normalized spacial score (nSPS) is 28.7. The van der Waals surface area contributed by atoms with Crippen LogP contribution in [0, 0.1) is 17.8 Å². The van der Waals surface area contributed by atoms with Crippen molar-refractivity contribution in [2.45, 2.75) is 177 Å². The average Bonchev–Trinajstić information content (AvgIpc) is 3.49. The summed E-state index contributed by atoms with van der Waals surface area (Å²) in [7, 11) is 0. The molecule has 3 fully saturated rings. The van der Waals surface area contributed by atoms with Crippen molar-refractivity contribution in [3.05, 3.63) is 157 Å². The minimum atomic E-state index is -1.33. The van der Waals surface area contributed by atoms with Gasteiger partial charge in [-0.05, 0) is 171 Å². The number of aliphatic hydroxyl groups is 4. The molecular formula is C66H78O12. The van der Waals surface area contributed by atoms with Gasteiger partial charge in [0.25, 0.3) is 0 Å². The lowest BCUT2D eigenvalue weighted by atomic mass is 9.54. The van der Waals surface area contributed by atoms with Crippen molar-refractivity contribution in [3.63, 3.8) is 0 Å². The van der Waals surface area contributed by atoms with E-state index >= 15 is 9.59 Å². The van der Waals surface area contributed by atoms with Gasteiger partial charge in [-0.25, -0.2) is 9.59 Å². The van der Waals surface area contributed by atoms with Crippen LogP contribution >= 0.6 is 0 Å². The number of aliphatic hydroxyl groups excluding tert-OH is 4. The summed E-state index contributed by atoms with van der Waals surface area (Å²) in [6.07, 6.45) is 12.6. The lowest BCUT2D eigenvalue weighted by molar-refractivity contribution is -0.201. The molecule has 4 N–H and O–H groups in total. The Kier molecular flexibility index (Phi) is 16.2. The summed E-state index contributed by atoms with van der Waals surface area (Å²) in [4.78, 5) is 45.0. The standard InChI is InChI=1S/C66H78O12/c1-40(36-68)51-26-20-41-18-21-42(22-19-41)52-27-24-45(44-12-10-16-50(34-44)66-31-9-8-15-49(66)25-23-43-11-6-7-17-55(43)66)33-47(52)35-57(71)75-61-59-56(78-65(2,62(61)77-63(51)72)48-13-4-3-5-14-48)29-28-53-54(37-69)58(64(73)76-60(53)59)46(30-32-67)38-74-39-70/h6-7,10-12,16-19,21-22,28-29,34,45-49,52,61-62,67-70H,3-5,8-9,13-15,20,23-27,30-33,35-39H2,1-2H3. The number of benzene rings is 4. The van der Waals surface area contributed by atoms with Gasteiger partial charge in [0, 0.05) is 46.8 Å². The molecule has 2 bridgehead atoms. The number of carbonyl (C=O) groups excluding carboxylic acids is 2. The van der Waals surface area contributed by atoms with Crippen LogP contribution in [0.25, 0.3) is 11.0 Å². The summed E-state index contributed by atoms with van der Waals surface area (Å²) in [6, 6.07) is 30.6. The highest BCUT2D eigenvalue weighted by Gasteiger charge is 2.57. The fraction of sp³-hybridized carbons (Fsp3) is 0.530. The molecule has 3 saturated carbocycles. The summed E-state index contributed by atoms with van der Waals surface area (Å²) in [6.45, 7) is 1.68. The van der Waals surface area contributed by atoms with E-state index in [1.165, 1.54) is 47.9 Å². The van der Waals surface area contributed by atoms with E-state index < -0.39 is 54.7 Å². The molecule has 7 aliphatic rings. The summed E-state index contributed by atoms with van der Waals surface area (Å²) in [5, 5.41) is 41.7. The van der Waals surface area contributed by atoms with Gasteiger partial charge in [0.1, 0.15) is 23.7 Å². The molecule has 0 saturated heterocycles. The van der Waals surface area contributed by atoms with Crippen LogP contribution in [0.15, 0.2) is 105 Å². The number of fused-ring (bicyclic) bond motifs is 14. The monoisotopic (exact) mass is 1060 g/mol. The topological polar surface area (TPSA) is 182 Å². The first-order valence-electron chi connectivity index (χ1n) is 29.2. The molecule has 5 aromatic rings. The zero-order valence-corrected chi connectivity index (χ0v) is 45.5. The molecule has 0 radical (unpaired) electrons. The van der Waals surface area contributed by atoms with E-state index in [0.29, 0.717) is 34.6 Å². The fourth-order valence-electron chi connectivity index (χ4n) is 15.7. The van der Waals surface area contributed by atoms with Crippen LogP contribution in [-0.2, 0) is 48.7 Å². The van der Waals surface area contributed by atoms with Gasteiger partial charge in [-0.3, -0.25) is 4.79 Å². The quantitative estimate of drug-likeness (QED) is 0.0426. The summed E-state index contributed by atoms with van der Waals surface area (Å²) >= 11 is 0. The summed E-state index contributed by atoms with van der Waals surface area (Å²) < 4.78 is 32.6. The Morgan fingerprint density at radius 3 is 2.36 bits per heavy atom. The third kappa shape index (κ3) is 10.1. The molecule has 12 rings (SSSR count). The van der Waals surface area contributed by atoms with E-state index in [2.05, 4.69) is 72.8 Å². The highest BCUT2D eigenvalue weighted by molar-refractivity contribution is 5.90. The lowest BCUT2D eigenvalue weighted by Crippen LogP contribution is -2.58. The predicted molar refractivity (Wildman–Crippen MR) is 296 cm³/mol. The molecular weight excluding hydrogens is 985 g/mol. The molecule has 3 aliphatic heterocycles. The SMILES string of the molecule is CC(CO)=C1CCc2ccc(cc2)C2CCC(c3cccc(C45CCCCC4CCc4ccccc45)c3)CC2CC(=O)OC2c3c(ccc4c(CO)c(C(CCO)COCO)c(=O)oc34)OC(C)(C3CCCCC3)C2OC1=O. The van der Waals surface area contributed by atoms with Crippen LogP contribution in [0.2, 0.25) is 0 Å². The maximum Gasteiger partial charge on any atom is 0.340 e. The van der Waals surface area contributed by atoms with E-state index in [4.69, 9.17) is 23.4 Å². The van der Waals surface area contributed by atoms with Crippen LogP contribution in [0.4, 0.5) is 0 Å². The van der Waals surface area contributed by atoms with E-state index in [1.807, 2.05) is 6.92 Å². The number of hydrogen-bond acceptors (Lipinski definition) is 12. The largest absolute Gasteiger partial charge is 0.483 e. The average molecular weight is 1060 g/mol. The van der Waals surface area contributed by atoms with Gasteiger partial charge in [0.2, 0.25) is 0 Å². The first kappa shape index (κ1) is 54.3. The third-order valence-electron chi connectivity index (χ3n) is 19.7. The van der Waals surface area contributed by atoms with Crippen LogP contribution in [-0.4, -0.2) is 70.7 Å². The molecule has 414 valence electrons. The van der Waals surface area contributed by atoms with E-state index in [-0.39, 0.29) is 90.4 Å². The second kappa shape index (κ2) is 23.2. The maximum atomic E-state index is 15.5. The second-order valence-electron chi connectivity index (χ2n) is 23.8. The van der Waals surface area contributed by atoms with Crippen LogP contribution < -0.4 is 10.4 Å². The molecule has 9 unspecified atom stereocenters. The zero-order chi connectivity index (χ0) is 54.1. The molecule has 4 aliphatic carbocycles. The molecule has 9 atom stereocenters. The Bertz CT molecular complexity index is 3080. The van der Waals surface area contributed by atoms with Gasteiger partial charge >= 0.3 is 17.6 Å². The third-order valence-corrected chi connectivity index (χ3v) is 19.7. The Hall–Kier alpha value is -5.63. The van der Waals surface area contributed by atoms with Crippen molar-refractivity contribution < 1.29 is 53.4 Å². The minimum Gasteiger partial charge on any atom is -0.483 e. The first-order valence-corrected chi connectivity index (χ1v) is 29.2. The number of rotatable bonds is 11. The highest BCUT2D eigenvalue weighted by Crippen LogP contribution is 2.56. The molecule has 78 heavy (non-hydrogen) atoms. The molecule has 0 amide bonds. The van der Waals surface area contributed by atoms with E-state index in [1.54, 1.807) is 19.1 Å². The van der Waals surface area contributed by atoms with Gasteiger partial charge in [0.05, 0.1) is 25.4 Å². The number of carbonyl (C=O) groups is 2. The van der Waals surface area contributed by atoms with Crippen LogP contribution in [0.1, 0.15) is 191 Å². The highest BCUT2D eigenvalue weighted by atomic mass is 16.6. The van der Waals surface area contributed by atoms with Gasteiger partial charge < -0.3 is 43.8 Å². The molecule has 1 aromatic heterocycles. The van der Waals surface area contributed by atoms with Crippen LogP contribution in [0.3, 0.4) is 0 Å². The second-order valence-corrected chi connectivity index (χ2v) is 23.8. The van der Waals surface area contributed by atoms with Crippen molar-refractivity contribution >= 4 is 22.9 Å². The van der Waals surface area contributed by atoms with Crippen molar-refractivity contribution in [1.29, 1.82) is 0 Å². The Morgan fingerprint density at radius 1 is 0.782 bits per heavy atom. The smallest absolute Gasteiger partial charge is 0.340 e. The summed E-state index contributed by atoms with van der Waals surface area (Å²) in [5.41, 5.74) is 7.20. The summed E-state index contributed by atoms with van der Waals surface area (Å²) in [5.74, 6) is -0.990. The van der Waals surface area contributed by atoms with Crippen molar-refractivity contribution in [2.75, 3.05) is 26.6 Å². The molecule has 4 aromatic carbocycles. The zero-order valence-electron chi connectivity index (χ0n) is 45.5. The number of esters is 2. The number of hydrogen-bond donors (Lipinski definition) is 4. The maximum absolute atomic E-state index is 15.5. The Morgan fingerprint density at radius 2 is 1.58 bits per heavy atom. The lowest BCUT2D eigenvalue weighted by Gasteiger charge is -2.50. The molecule has 0 spiro atoms.